The van der Waals surface area contributed by atoms with E-state index in [9.17, 15) is 4.79 Å². The molecule has 1 fully saturated rings. The van der Waals surface area contributed by atoms with Crippen LogP contribution in [-0.4, -0.2) is 37.0 Å². The summed E-state index contributed by atoms with van der Waals surface area (Å²) in [5, 5.41) is 0. The number of carbonyl (C=O) groups is 1. The maximum Gasteiger partial charge on any atom is 0.227 e. The first-order chi connectivity index (χ1) is 12.2. The Morgan fingerprint density at radius 2 is 2.00 bits per heavy atom. The highest BCUT2D eigenvalue weighted by Gasteiger charge is 2.35. The highest BCUT2D eigenvalue weighted by molar-refractivity contribution is 5.79. The molecule has 4 heteroatoms. The molecule has 0 unspecified atom stereocenters. The number of hydrogen-bond donors (Lipinski definition) is 1. The van der Waals surface area contributed by atoms with Gasteiger partial charge in [-0.25, -0.2) is 0 Å². The van der Waals surface area contributed by atoms with Crippen molar-refractivity contribution in [3.05, 3.63) is 65.2 Å². The number of fused-ring (bicyclic) bond motifs is 1. The molecule has 1 amide bonds. The Labute approximate surface area is 148 Å². The van der Waals surface area contributed by atoms with Gasteiger partial charge >= 0.3 is 0 Å². The molecular weight excluding hydrogens is 312 g/mol. The van der Waals surface area contributed by atoms with Gasteiger partial charge in [0.15, 0.2) is 0 Å². The van der Waals surface area contributed by atoms with Gasteiger partial charge in [0.1, 0.15) is 5.75 Å². The van der Waals surface area contributed by atoms with Crippen molar-refractivity contribution in [2.24, 2.45) is 11.7 Å². The molecular formula is C21H24N2O2. The summed E-state index contributed by atoms with van der Waals surface area (Å²) in [4.78, 5) is 14.8. The number of nitrogens with two attached hydrogens (primary N) is 1. The normalized spacial score (nSPS) is 21.9. The molecule has 4 rings (SSSR count). The molecule has 0 spiro atoms. The van der Waals surface area contributed by atoms with E-state index in [2.05, 4.69) is 30.3 Å². The highest BCUT2D eigenvalue weighted by atomic mass is 16.5. The molecule has 0 aromatic heterocycles. The van der Waals surface area contributed by atoms with E-state index in [4.69, 9.17) is 10.5 Å². The summed E-state index contributed by atoms with van der Waals surface area (Å²) in [6, 6.07) is 16.5. The van der Waals surface area contributed by atoms with Gasteiger partial charge in [0.2, 0.25) is 5.91 Å². The minimum atomic E-state index is 0.191. The van der Waals surface area contributed by atoms with Crippen LogP contribution in [-0.2, 0) is 17.6 Å². The second-order valence-corrected chi connectivity index (χ2v) is 7.03. The second-order valence-electron chi connectivity index (χ2n) is 7.03. The van der Waals surface area contributed by atoms with Crippen molar-refractivity contribution in [2.75, 3.05) is 26.2 Å². The van der Waals surface area contributed by atoms with E-state index < -0.39 is 0 Å². The zero-order valence-electron chi connectivity index (χ0n) is 14.4. The second kappa shape index (κ2) is 6.89. The first-order valence-electron chi connectivity index (χ1n) is 9.02. The predicted octanol–water partition coefficient (Wildman–Crippen LogP) is 2.36. The van der Waals surface area contributed by atoms with Crippen molar-refractivity contribution in [3.63, 3.8) is 0 Å². The summed E-state index contributed by atoms with van der Waals surface area (Å²) in [5.41, 5.74) is 9.55. The van der Waals surface area contributed by atoms with E-state index in [1.54, 1.807) is 0 Å². The number of rotatable bonds is 4. The fourth-order valence-corrected chi connectivity index (χ4v) is 4.03. The number of ether oxygens (including phenoxy) is 1. The Morgan fingerprint density at radius 3 is 2.80 bits per heavy atom. The van der Waals surface area contributed by atoms with Crippen LogP contribution in [0.5, 0.6) is 5.75 Å². The van der Waals surface area contributed by atoms with Gasteiger partial charge in [-0.2, -0.15) is 0 Å². The number of nitrogens with zero attached hydrogens (tertiary/aromatic N) is 1. The maximum atomic E-state index is 12.8. The molecule has 2 aromatic carbocycles. The summed E-state index contributed by atoms with van der Waals surface area (Å²) in [6.07, 6.45) is 1.39. The molecule has 2 heterocycles. The van der Waals surface area contributed by atoms with Crippen LogP contribution in [0.3, 0.4) is 0 Å². The van der Waals surface area contributed by atoms with Crippen molar-refractivity contribution >= 4 is 5.91 Å². The smallest absolute Gasteiger partial charge is 0.227 e. The molecule has 0 radical (unpaired) electrons. The van der Waals surface area contributed by atoms with Gasteiger partial charge in [0.05, 0.1) is 13.0 Å². The zero-order valence-corrected chi connectivity index (χ0v) is 14.4. The summed E-state index contributed by atoms with van der Waals surface area (Å²) >= 11 is 0. The molecule has 2 N–H and O–H groups in total. The van der Waals surface area contributed by atoms with E-state index in [-0.39, 0.29) is 5.91 Å². The van der Waals surface area contributed by atoms with E-state index in [0.29, 0.717) is 24.8 Å². The number of likely N-dealkylation sites (tertiary alicyclic amines) is 1. The van der Waals surface area contributed by atoms with Crippen LogP contribution >= 0.6 is 0 Å². The van der Waals surface area contributed by atoms with E-state index in [1.807, 2.05) is 23.1 Å². The summed E-state index contributed by atoms with van der Waals surface area (Å²) < 4.78 is 5.54. The lowest BCUT2D eigenvalue weighted by atomic mass is 9.89. The Morgan fingerprint density at radius 1 is 1.16 bits per heavy atom. The van der Waals surface area contributed by atoms with Crippen LogP contribution in [0.1, 0.15) is 22.6 Å². The van der Waals surface area contributed by atoms with Crippen LogP contribution in [0.2, 0.25) is 0 Å². The standard InChI is InChI=1S/C21H24N2O2/c22-12-18-13-23(14-19(18)16-4-2-1-3-5-16)21(24)11-15-6-7-20-17(10-15)8-9-25-20/h1-7,10,18-19H,8-9,11-14,22H2/t18-,19+/m1/s1. The molecule has 0 bridgehead atoms. The van der Waals surface area contributed by atoms with Gasteiger partial charge < -0.3 is 15.4 Å². The predicted molar refractivity (Wildman–Crippen MR) is 97.7 cm³/mol. The number of carbonyl (C=O) groups excluding carboxylic acids is 1. The molecule has 1 saturated heterocycles. The Hall–Kier alpha value is -2.33. The third-order valence-electron chi connectivity index (χ3n) is 5.43. The van der Waals surface area contributed by atoms with E-state index in [0.717, 1.165) is 37.4 Å². The molecule has 0 aliphatic carbocycles. The third-order valence-corrected chi connectivity index (χ3v) is 5.43. The quantitative estimate of drug-likeness (QED) is 0.932. The van der Waals surface area contributed by atoms with Crippen molar-refractivity contribution in [3.8, 4) is 5.75 Å². The maximum absolute atomic E-state index is 12.8. The fraction of sp³-hybridized carbons (Fsp3) is 0.381. The first kappa shape index (κ1) is 16.2. The van der Waals surface area contributed by atoms with Crippen molar-refractivity contribution in [1.29, 1.82) is 0 Å². The average Bonchev–Trinajstić information content (AvgIpc) is 3.28. The lowest BCUT2D eigenvalue weighted by molar-refractivity contribution is -0.129. The van der Waals surface area contributed by atoms with Crippen molar-refractivity contribution < 1.29 is 9.53 Å². The van der Waals surface area contributed by atoms with Crippen LogP contribution < -0.4 is 10.5 Å². The molecule has 2 aromatic rings. The molecule has 2 atom stereocenters. The minimum Gasteiger partial charge on any atom is -0.493 e. The highest BCUT2D eigenvalue weighted by Crippen LogP contribution is 2.32. The Balaban J connectivity index is 1.46. The molecule has 25 heavy (non-hydrogen) atoms. The molecule has 4 nitrogen and oxygen atoms in total. The van der Waals surface area contributed by atoms with Crippen molar-refractivity contribution in [1.82, 2.24) is 4.90 Å². The van der Waals surface area contributed by atoms with Gasteiger partial charge in [-0.3, -0.25) is 4.79 Å². The lowest BCUT2D eigenvalue weighted by Gasteiger charge is -2.17. The van der Waals surface area contributed by atoms with E-state index >= 15 is 0 Å². The van der Waals surface area contributed by atoms with Crippen LogP contribution in [0, 0.1) is 5.92 Å². The Bertz CT molecular complexity index is 760. The number of amides is 1. The SMILES string of the molecule is NC[C@@H]1CN(C(=O)Cc2ccc3c(c2)CCO3)C[C@H]1c1ccccc1. The van der Waals surface area contributed by atoms with Crippen LogP contribution in [0.4, 0.5) is 0 Å². The van der Waals surface area contributed by atoms with Crippen molar-refractivity contribution in [2.45, 2.75) is 18.8 Å². The molecule has 2 aliphatic heterocycles. The monoisotopic (exact) mass is 336 g/mol. The first-order valence-corrected chi connectivity index (χ1v) is 9.02. The van der Waals surface area contributed by atoms with Crippen LogP contribution in [0.25, 0.3) is 0 Å². The summed E-state index contributed by atoms with van der Waals surface area (Å²) in [7, 11) is 0. The zero-order chi connectivity index (χ0) is 17.2. The van der Waals surface area contributed by atoms with Gasteiger partial charge in [-0.15, -0.1) is 0 Å². The third kappa shape index (κ3) is 3.27. The number of benzene rings is 2. The molecule has 130 valence electrons. The van der Waals surface area contributed by atoms with Gasteiger partial charge in [-0.1, -0.05) is 42.5 Å². The topological polar surface area (TPSA) is 55.6 Å². The minimum absolute atomic E-state index is 0.191. The average molecular weight is 336 g/mol. The molecule has 0 saturated carbocycles. The van der Waals surface area contributed by atoms with Crippen LogP contribution in [0.15, 0.2) is 48.5 Å². The summed E-state index contributed by atoms with van der Waals surface area (Å²) in [6.45, 7) is 2.87. The fourth-order valence-electron chi connectivity index (χ4n) is 4.03. The van der Waals surface area contributed by atoms with Gasteiger partial charge in [-0.05, 0) is 35.2 Å². The van der Waals surface area contributed by atoms with E-state index in [1.165, 1.54) is 11.1 Å². The Kier molecular flexibility index (Phi) is 4.45. The largest absolute Gasteiger partial charge is 0.493 e. The van der Waals surface area contributed by atoms with Gasteiger partial charge in [0.25, 0.3) is 0 Å². The molecule has 2 aliphatic rings. The lowest BCUT2D eigenvalue weighted by Crippen LogP contribution is -2.31. The summed E-state index contributed by atoms with van der Waals surface area (Å²) in [5.74, 6) is 1.82. The number of hydrogen-bond acceptors (Lipinski definition) is 3. The van der Waals surface area contributed by atoms with Gasteiger partial charge in [0, 0.05) is 25.4 Å².